The highest BCUT2D eigenvalue weighted by atomic mass is 19.1. The highest BCUT2D eigenvalue weighted by Gasteiger charge is 2.37. The number of nitrogens with one attached hydrogen (secondary N) is 1. The van der Waals surface area contributed by atoms with E-state index < -0.39 is 17.4 Å². The average molecular weight is 422 g/mol. The quantitative estimate of drug-likeness (QED) is 0.428. The Morgan fingerprint density at radius 2 is 2.06 bits per heavy atom. The van der Waals surface area contributed by atoms with Crippen molar-refractivity contribution in [2.24, 2.45) is 11.5 Å². The number of aromatic nitrogens is 3. The molecule has 31 heavy (non-hydrogen) atoms. The number of amides is 1. The van der Waals surface area contributed by atoms with E-state index in [2.05, 4.69) is 21.4 Å². The normalized spacial score (nSPS) is 22.3. The van der Waals surface area contributed by atoms with Crippen molar-refractivity contribution in [1.29, 1.82) is 0 Å². The van der Waals surface area contributed by atoms with Gasteiger partial charge in [0.15, 0.2) is 12.0 Å². The maximum Gasteiger partial charge on any atom is 0.367 e. The van der Waals surface area contributed by atoms with Crippen molar-refractivity contribution in [2.75, 3.05) is 25.0 Å². The molecule has 0 spiro atoms. The Bertz CT molecular complexity index is 1150. The van der Waals surface area contributed by atoms with Crippen LogP contribution in [0.5, 0.6) is 0 Å². The summed E-state index contributed by atoms with van der Waals surface area (Å²) in [5.41, 5.74) is 14.0. The molecule has 0 aliphatic carbocycles. The zero-order valence-electron chi connectivity index (χ0n) is 17.1. The first-order valence-electron chi connectivity index (χ1n) is 10.4. The average Bonchev–Trinajstić information content (AvgIpc) is 3.19. The molecule has 8 nitrogen and oxygen atoms in total. The Kier molecular flexibility index (Phi) is 4.71. The van der Waals surface area contributed by atoms with E-state index in [9.17, 15) is 9.18 Å². The molecular formula is C22H25FN7O+. The summed E-state index contributed by atoms with van der Waals surface area (Å²) in [5, 5.41) is 7.69. The van der Waals surface area contributed by atoms with Crippen LogP contribution in [0.3, 0.4) is 0 Å². The van der Waals surface area contributed by atoms with Crippen LogP contribution < -0.4 is 21.4 Å². The van der Waals surface area contributed by atoms with Gasteiger partial charge in [-0.1, -0.05) is 12.1 Å². The molecule has 5 aliphatic rings. The molecule has 0 unspecified atom stereocenters. The molecule has 160 valence electrons. The fourth-order valence-corrected chi connectivity index (χ4v) is 4.50. The lowest BCUT2D eigenvalue weighted by Gasteiger charge is -2.41. The Balaban J connectivity index is 1.66. The van der Waals surface area contributed by atoms with Gasteiger partial charge in [0, 0.05) is 50.6 Å². The van der Waals surface area contributed by atoms with Gasteiger partial charge in [0.05, 0.1) is 17.3 Å². The van der Waals surface area contributed by atoms with Gasteiger partial charge in [0.1, 0.15) is 5.56 Å². The molecule has 8 bridgehead atoms. The molecule has 2 aromatic heterocycles. The van der Waals surface area contributed by atoms with Crippen LogP contribution in [0.2, 0.25) is 0 Å². The number of carbonyl (C=O) groups is 1. The van der Waals surface area contributed by atoms with Gasteiger partial charge in [0.2, 0.25) is 5.69 Å². The number of piperidine rings is 1. The fourth-order valence-electron chi connectivity index (χ4n) is 4.50. The monoisotopic (exact) mass is 422 g/mol. The Morgan fingerprint density at radius 1 is 1.26 bits per heavy atom. The number of benzene rings is 1. The van der Waals surface area contributed by atoms with Crippen LogP contribution in [-0.2, 0) is 12.1 Å². The third-order valence-electron chi connectivity index (χ3n) is 6.40. The van der Waals surface area contributed by atoms with E-state index in [1.54, 1.807) is 23.1 Å². The number of nitrogens with zero attached hydrogens (tertiary/aromatic N) is 4. The number of halogens is 1. The highest BCUT2D eigenvalue weighted by molar-refractivity contribution is 5.98. The minimum Gasteiger partial charge on any atom is -0.365 e. The molecule has 0 saturated carbocycles. The number of carbonyl (C=O) groups excluding carboxylic acids is 1. The number of hydrogen-bond donors (Lipinski definition) is 3. The van der Waals surface area contributed by atoms with Crippen LogP contribution in [-0.4, -0.2) is 40.2 Å². The van der Waals surface area contributed by atoms with Crippen molar-refractivity contribution < 1.29 is 13.8 Å². The second kappa shape index (κ2) is 7.44. The second-order valence-corrected chi connectivity index (χ2v) is 8.31. The number of primary amides is 1. The second-order valence-electron chi connectivity index (χ2n) is 8.31. The van der Waals surface area contributed by atoms with Crippen molar-refractivity contribution in [1.82, 2.24) is 14.7 Å². The summed E-state index contributed by atoms with van der Waals surface area (Å²) in [5.74, 6) is -0.734. The van der Waals surface area contributed by atoms with E-state index in [0.29, 0.717) is 18.1 Å². The van der Waals surface area contributed by atoms with Crippen LogP contribution in [0.4, 0.5) is 15.9 Å². The fraction of sp³-hybridized carbons (Fsp3) is 0.318. The molecule has 1 saturated heterocycles. The molecule has 5 N–H and O–H groups in total. The van der Waals surface area contributed by atoms with Gasteiger partial charge in [-0.2, -0.15) is 5.10 Å². The maximum absolute atomic E-state index is 14.9. The number of anilines is 2. The standard InChI is InChI=1S/C22H24FN7O/c23-19-11-16-4-7-29(19)17-3-1-2-15(10-17)12-28-8-5-22(14-24,6-9-28)30-13-18(20(25)31)21(26-16)27-30/h1-4,7,10-11,13H,5-6,8-9,12,14,24H2,(H2,25,31)/p+1. The summed E-state index contributed by atoms with van der Waals surface area (Å²) in [4.78, 5) is 14.5. The number of pyridine rings is 1. The first-order valence-corrected chi connectivity index (χ1v) is 10.4. The van der Waals surface area contributed by atoms with Gasteiger partial charge >= 0.3 is 5.95 Å². The first-order chi connectivity index (χ1) is 15.0. The molecule has 3 aromatic rings. The third-order valence-corrected chi connectivity index (χ3v) is 6.40. The van der Waals surface area contributed by atoms with Crippen LogP contribution in [0.25, 0.3) is 5.69 Å². The van der Waals surface area contributed by atoms with Gasteiger partial charge in [-0.15, -0.1) is 8.96 Å². The van der Waals surface area contributed by atoms with Gasteiger partial charge in [0.25, 0.3) is 5.91 Å². The number of rotatable bonds is 2. The highest BCUT2D eigenvalue weighted by Crippen LogP contribution is 2.32. The van der Waals surface area contributed by atoms with Crippen LogP contribution in [0, 0.1) is 5.95 Å². The van der Waals surface area contributed by atoms with Crippen molar-refractivity contribution in [2.45, 2.75) is 24.9 Å². The lowest BCUT2D eigenvalue weighted by atomic mass is 9.87. The van der Waals surface area contributed by atoms with Crippen molar-refractivity contribution in [3.05, 3.63) is 65.9 Å². The summed E-state index contributed by atoms with van der Waals surface area (Å²) in [6.07, 6.45) is 4.92. The van der Waals surface area contributed by atoms with E-state index in [-0.39, 0.29) is 5.56 Å². The van der Waals surface area contributed by atoms with Gasteiger partial charge in [-0.05, 0) is 18.4 Å². The van der Waals surface area contributed by atoms with Crippen molar-refractivity contribution in [3.63, 3.8) is 0 Å². The molecule has 7 heterocycles. The summed E-state index contributed by atoms with van der Waals surface area (Å²) in [7, 11) is 0. The predicted octanol–water partition coefficient (Wildman–Crippen LogP) is 1.40. The first kappa shape index (κ1) is 19.7. The van der Waals surface area contributed by atoms with Gasteiger partial charge < -0.3 is 16.8 Å². The molecule has 0 atom stereocenters. The van der Waals surface area contributed by atoms with Crippen LogP contribution in [0.1, 0.15) is 28.8 Å². The largest absolute Gasteiger partial charge is 0.367 e. The van der Waals surface area contributed by atoms with E-state index in [1.807, 2.05) is 18.2 Å². The van der Waals surface area contributed by atoms with E-state index in [4.69, 9.17) is 11.5 Å². The minimum atomic E-state index is -0.598. The van der Waals surface area contributed by atoms with Gasteiger partial charge in [-0.3, -0.25) is 14.4 Å². The summed E-state index contributed by atoms with van der Waals surface area (Å²) < 4.78 is 18.2. The topological polar surface area (TPSA) is 106 Å². The molecule has 0 radical (unpaired) electrons. The third kappa shape index (κ3) is 3.45. The number of hydrogen-bond acceptors (Lipinski definition) is 5. The molecule has 1 amide bonds. The van der Waals surface area contributed by atoms with Crippen LogP contribution >= 0.6 is 0 Å². The molecule has 1 aromatic carbocycles. The van der Waals surface area contributed by atoms with Gasteiger partial charge in [-0.25, -0.2) is 0 Å². The predicted molar refractivity (Wildman–Crippen MR) is 113 cm³/mol. The lowest BCUT2D eigenvalue weighted by Crippen LogP contribution is -2.50. The summed E-state index contributed by atoms with van der Waals surface area (Å²) >= 11 is 0. The van der Waals surface area contributed by atoms with E-state index in [0.717, 1.165) is 43.7 Å². The maximum atomic E-state index is 14.9. The molecule has 9 heteroatoms. The van der Waals surface area contributed by atoms with E-state index in [1.165, 1.54) is 10.6 Å². The van der Waals surface area contributed by atoms with Crippen LogP contribution in [0.15, 0.2) is 48.8 Å². The molecule has 5 aliphatic heterocycles. The summed E-state index contributed by atoms with van der Waals surface area (Å²) in [6, 6.07) is 11.0. The Hall–Kier alpha value is -3.30. The summed E-state index contributed by atoms with van der Waals surface area (Å²) in [6.45, 7) is 2.85. The van der Waals surface area contributed by atoms with Crippen molar-refractivity contribution >= 4 is 17.4 Å². The Morgan fingerprint density at radius 3 is 2.77 bits per heavy atom. The zero-order valence-corrected chi connectivity index (χ0v) is 17.1. The molecular weight excluding hydrogens is 397 g/mol. The Labute approximate surface area is 179 Å². The lowest BCUT2D eigenvalue weighted by molar-refractivity contribution is -0.627. The smallest absolute Gasteiger partial charge is 0.365 e. The van der Waals surface area contributed by atoms with E-state index >= 15 is 0 Å². The minimum absolute atomic E-state index is 0.253. The SMILES string of the molecule is NCC12CCN(CC1)Cc1cccc(c1)-[n+]1ccc(cc1F)Nc1nn2cc1C(N)=O. The molecule has 8 rings (SSSR count). The number of nitrogens with two attached hydrogens (primary N) is 2. The van der Waals surface area contributed by atoms with Crippen molar-refractivity contribution in [3.8, 4) is 5.69 Å². The zero-order chi connectivity index (χ0) is 21.6. The molecule has 1 fully saturated rings.